The van der Waals surface area contributed by atoms with E-state index in [2.05, 4.69) is 16.0 Å². The monoisotopic (exact) mass is 290 g/mol. The number of aromatic nitrogens is 1. The SMILES string of the molecule is CCC(C#N)N1CCN(c2ccc([N+](=O)[O-])c(N)n2)CC1. The summed E-state index contributed by atoms with van der Waals surface area (Å²) in [6, 6.07) is 5.25. The summed E-state index contributed by atoms with van der Waals surface area (Å²) in [6.07, 6.45) is 0.805. The number of pyridine rings is 1. The Hall–Kier alpha value is -2.40. The van der Waals surface area contributed by atoms with Crippen molar-refractivity contribution in [3.05, 3.63) is 22.2 Å². The Balaban J connectivity index is 2.04. The molecule has 2 heterocycles. The molecule has 1 saturated heterocycles. The quantitative estimate of drug-likeness (QED) is 0.650. The van der Waals surface area contributed by atoms with Gasteiger partial charge in [0.05, 0.1) is 17.0 Å². The molecule has 0 aromatic carbocycles. The van der Waals surface area contributed by atoms with Gasteiger partial charge in [-0.3, -0.25) is 15.0 Å². The van der Waals surface area contributed by atoms with Crippen molar-refractivity contribution >= 4 is 17.3 Å². The Bertz CT molecular complexity index is 562. The molecule has 2 rings (SSSR count). The van der Waals surface area contributed by atoms with Crippen LogP contribution in [0.25, 0.3) is 0 Å². The number of anilines is 2. The molecule has 0 aliphatic carbocycles. The average Bonchev–Trinajstić information content (AvgIpc) is 2.48. The maximum Gasteiger partial charge on any atom is 0.311 e. The summed E-state index contributed by atoms with van der Waals surface area (Å²) in [7, 11) is 0. The number of nitrogen functional groups attached to an aromatic ring is 1. The third-order valence-corrected chi connectivity index (χ3v) is 3.70. The maximum atomic E-state index is 10.7. The Labute approximate surface area is 122 Å². The van der Waals surface area contributed by atoms with Crippen LogP contribution in [0.3, 0.4) is 0 Å². The molecule has 8 heteroatoms. The number of nitrogens with zero attached hydrogens (tertiary/aromatic N) is 5. The minimum Gasteiger partial charge on any atom is -0.378 e. The van der Waals surface area contributed by atoms with Gasteiger partial charge < -0.3 is 10.6 Å². The Morgan fingerprint density at radius 3 is 2.62 bits per heavy atom. The number of rotatable bonds is 4. The van der Waals surface area contributed by atoms with E-state index < -0.39 is 4.92 Å². The molecule has 0 amide bonds. The summed E-state index contributed by atoms with van der Waals surface area (Å²) in [6.45, 7) is 4.99. The molecule has 112 valence electrons. The Morgan fingerprint density at radius 2 is 2.14 bits per heavy atom. The first-order valence-electron chi connectivity index (χ1n) is 6.86. The van der Waals surface area contributed by atoms with Crippen molar-refractivity contribution < 1.29 is 4.92 Å². The predicted octanol–water partition coefficient (Wildman–Crippen LogP) is 0.996. The van der Waals surface area contributed by atoms with Gasteiger partial charge in [0, 0.05) is 32.2 Å². The Kier molecular flexibility index (Phi) is 4.55. The summed E-state index contributed by atoms with van der Waals surface area (Å²) in [4.78, 5) is 18.5. The van der Waals surface area contributed by atoms with Crippen LogP contribution >= 0.6 is 0 Å². The van der Waals surface area contributed by atoms with Gasteiger partial charge in [0.15, 0.2) is 0 Å². The zero-order valence-corrected chi connectivity index (χ0v) is 11.9. The zero-order valence-electron chi connectivity index (χ0n) is 11.9. The molecule has 1 aromatic heterocycles. The molecule has 8 nitrogen and oxygen atoms in total. The van der Waals surface area contributed by atoms with Crippen molar-refractivity contribution in [2.75, 3.05) is 36.8 Å². The molecular weight excluding hydrogens is 272 g/mol. The highest BCUT2D eigenvalue weighted by Crippen LogP contribution is 2.24. The van der Waals surface area contributed by atoms with Gasteiger partial charge in [-0.25, -0.2) is 4.98 Å². The van der Waals surface area contributed by atoms with E-state index in [1.807, 2.05) is 11.8 Å². The largest absolute Gasteiger partial charge is 0.378 e. The zero-order chi connectivity index (χ0) is 15.4. The van der Waals surface area contributed by atoms with Gasteiger partial charge in [0.25, 0.3) is 0 Å². The van der Waals surface area contributed by atoms with Gasteiger partial charge >= 0.3 is 5.69 Å². The molecular formula is C13H18N6O2. The van der Waals surface area contributed by atoms with Crippen molar-refractivity contribution in [2.24, 2.45) is 0 Å². The second-order valence-corrected chi connectivity index (χ2v) is 4.91. The number of nitrogens with two attached hydrogens (primary N) is 1. The third kappa shape index (κ3) is 3.20. The van der Waals surface area contributed by atoms with Gasteiger partial charge in [0.2, 0.25) is 5.82 Å². The fourth-order valence-electron chi connectivity index (χ4n) is 2.48. The fraction of sp³-hybridized carbons (Fsp3) is 0.538. The second-order valence-electron chi connectivity index (χ2n) is 4.91. The van der Waals surface area contributed by atoms with Crippen molar-refractivity contribution in [1.29, 1.82) is 5.26 Å². The van der Waals surface area contributed by atoms with Crippen LogP contribution in [0.2, 0.25) is 0 Å². The van der Waals surface area contributed by atoms with Crippen molar-refractivity contribution in [3.8, 4) is 6.07 Å². The van der Waals surface area contributed by atoms with E-state index in [-0.39, 0.29) is 17.5 Å². The smallest absolute Gasteiger partial charge is 0.311 e. The van der Waals surface area contributed by atoms with Crippen LogP contribution in [0.4, 0.5) is 17.3 Å². The molecule has 1 aliphatic heterocycles. The topological polar surface area (TPSA) is 112 Å². The molecule has 1 aromatic rings. The van der Waals surface area contributed by atoms with E-state index >= 15 is 0 Å². The lowest BCUT2D eigenvalue weighted by atomic mass is 10.2. The third-order valence-electron chi connectivity index (χ3n) is 3.70. The van der Waals surface area contributed by atoms with E-state index in [1.54, 1.807) is 6.07 Å². The van der Waals surface area contributed by atoms with Gasteiger partial charge in [-0.05, 0) is 12.5 Å². The summed E-state index contributed by atoms with van der Waals surface area (Å²) < 4.78 is 0. The standard InChI is InChI=1S/C13H18N6O2/c1-2-10(9-14)17-5-7-18(8-6-17)12-4-3-11(19(20)21)13(15)16-12/h3-4,10H,2,5-8H2,1H3,(H2,15,16). The molecule has 1 fully saturated rings. The number of hydrogen-bond acceptors (Lipinski definition) is 7. The summed E-state index contributed by atoms with van der Waals surface area (Å²) in [5, 5.41) is 19.8. The number of nitro groups is 1. The summed E-state index contributed by atoms with van der Waals surface area (Å²) >= 11 is 0. The maximum absolute atomic E-state index is 10.7. The van der Waals surface area contributed by atoms with Crippen LogP contribution in [0.15, 0.2) is 12.1 Å². The number of nitriles is 1. The lowest BCUT2D eigenvalue weighted by Gasteiger charge is -2.37. The van der Waals surface area contributed by atoms with E-state index in [1.165, 1.54) is 6.07 Å². The Morgan fingerprint density at radius 1 is 1.48 bits per heavy atom. The van der Waals surface area contributed by atoms with Crippen LogP contribution in [0.1, 0.15) is 13.3 Å². The molecule has 0 saturated carbocycles. The first-order chi connectivity index (χ1) is 10.1. The van der Waals surface area contributed by atoms with E-state index in [0.29, 0.717) is 5.82 Å². The van der Waals surface area contributed by atoms with Crippen molar-refractivity contribution in [1.82, 2.24) is 9.88 Å². The lowest BCUT2D eigenvalue weighted by Crippen LogP contribution is -2.50. The first kappa shape index (κ1) is 15.0. The van der Waals surface area contributed by atoms with Crippen LogP contribution < -0.4 is 10.6 Å². The molecule has 1 unspecified atom stereocenters. The van der Waals surface area contributed by atoms with Gasteiger partial charge in [-0.15, -0.1) is 0 Å². The highest BCUT2D eigenvalue weighted by Gasteiger charge is 2.24. The average molecular weight is 290 g/mol. The van der Waals surface area contributed by atoms with Crippen molar-refractivity contribution in [2.45, 2.75) is 19.4 Å². The first-order valence-corrected chi connectivity index (χ1v) is 6.86. The van der Waals surface area contributed by atoms with Crippen LogP contribution in [-0.4, -0.2) is 47.0 Å². The predicted molar refractivity (Wildman–Crippen MR) is 78.8 cm³/mol. The molecule has 0 spiro atoms. The number of piperazine rings is 1. The fourth-order valence-corrected chi connectivity index (χ4v) is 2.48. The highest BCUT2D eigenvalue weighted by molar-refractivity contribution is 5.58. The highest BCUT2D eigenvalue weighted by atomic mass is 16.6. The molecule has 0 radical (unpaired) electrons. The van der Waals surface area contributed by atoms with Crippen LogP contribution in [0, 0.1) is 21.4 Å². The molecule has 2 N–H and O–H groups in total. The summed E-state index contributed by atoms with van der Waals surface area (Å²) in [5.41, 5.74) is 5.44. The van der Waals surface area contributed by atoms with E-state index in [0.717, 1.165) is 32.6 Å². The molecule has 1 atom stereocenters. The molecule has 21 heavy (non-hydrogen) atoms. The minimum atomic E-state index is -0.539. The van der Waals surface area contributed by atoms with Crippen LogP contribution in [-0.2, 0) is 0 Å². The second kappa shape index (κ2) is 6.37. The van der Waals surface area contributed by atoms with Gasteiger partial charge in [-0.2, -0.15) is 5.26 Å². The lowest BCUT2D eigenvalue weighted by molar-refractivity contribution is -0.384. The van der Waals surface area contributed by atoms with Gasteiger partial charge in [-0.1, -0.05) is 6.92 Å². The number of hydrogen-bond donors (Lipinski definition) is 1. The molecule has 1 aliphatic rings. The van der Waals surface area contributed by atoms with Crippen LogP contribution in [0.5, 0.6) is 0 Å². The minimum absolute atomic E-state index is 0.0537. The molecule has 0 bridgehead atoms. The van der Waals surface area contributed by atoms with Gasteiger partial charge in [0.1, 0.15) is 5.82 Å². The van der Waals surface area contributed by atoms with Crippen molar-refractivity contribution in [3.63, 3.8) is 0 Å². The normalized spacial score (nSPS) is 17.2. The van der Waals surface area contributed by atoms with E-state index in [4.69, 9.17) is 11.0 Å². The summed E-state index contributed by atoms with van der Waals surface area (Å²) in [5.74, 6) is 0.575. The van der Waals surface area contributed by atoms with E-state index in [9.17, 15) is 10.1 Å².